The van der Waals surface area contributed by atoms with E-state index in [2.05, 4.69) is 21.2 Å². The van der Waals surface area contributed by atoms with E-state index in [1.807, 2.05) is 44.2 Å². The first-order valence-corrected chi connectivity index (χ1v) is 11.0. The summed E-state index contributed by atoms with van der Waals surface area (Å²) in [7, 11) is 0. The van der Waals surface area contributed by atoms with Gasteiger partial charge in [-0.2, -0.15) is 5.26 Å². The summed E-state index contributed by atoms with van der Waals surface area (Å²) in [6.07, 6.45) is 1.28. The van der Waals surface area contributed by atoms with Gasteiger partial charge in [0.1, 0.15) is 6.07 Å². The number of piperazine rings is 1. The van der Waals surface area contributed by atoms with Crippen molar-refractivity contribution in [2.24, 2.45) is 5.92 Å². The number of nitrogens with zero attached hydrogens (tertiary/aromatic N) is 4. The summed E-state index contributed by atoms with van der Waals surface area (Å²) in [4.78, 5) is 28.6. The van der Waals surface area contributed by atoms with Crippen molar-refractivity contribution in [3.63, 3.8) is 0 Å². The van der Waals surface area contributed by atoms with Crippen LogP contribution in [-0.4, -0.2) is 42.5 Å². The molecule has 0 aliphatic carbocycles. The van der Waals surface area contributed by atoms with Gasteiger partial charge in [0.15, 0.2) is 0 Å². The van der Waals surface area contributed by atoms with E-state index < -0.39 is 4.92 Å². The maximum Gasteiger partial charge on any atom is 0.269 e. The van der Waals surface area contributed by atoms with Crippen LogP contribution < -0.4 is 15.1 Å². The second kappa shape index (κ2) is 8.87. The number of amides is 1. The Morgan fingerprint density at radius 3 is 2.78 bits per heavy atom. The molecule has 0 spiro atoms. The van der Waals surface area contributed by atoms with Gasteiger partial charge < -0.3 is 15.1 Å². The lowest BCUT2D eigenvalue weighted by atomic mass is 9.82. The zero-order valence-electron chi connectivity index (χ0n) is 18.3. The molecule has 8 heteroatoms. The van der Waals surface area contributed by atoms with Crippen LogP contribution in [0, 0.1) is 27.4 Å². The average Bonchev–Trinajstić information content (AvgIpc) is 2.82. The summed E-state index contributed by atoms with van der Waals surface area (Å²) in [5.41, 5.74) is 3.34. The number of hydrogen-bond donors (Lipinski definition) is 1. The molecule has 2 aromatic rings. The Kier molecular flexibility index (Phi) is 5.99. The van der Waals surface area contributed by atoms with E-state index in [0.717, 1.165) is 23.4 Å². The Hall–Kier alpha value is -3.60. The van der Waals surface area contributed by atoms with Gasteiger partial charge in [0.25, 0.3) is 5.69 Å². The minimum Gasteiger partial charge on any atom is -0.367 e. The number of nitriles is 1. The molecule has 2 heterocycles. The number of benzene rings is 2. The van der Waals surface area contributed by atoms with Gasteiger partial charge in [-0.15, -0.1) is 0 Å². The number of hydrogen-bond acceptors (Lipinski definition) is 6. The molecule has 3 atom stereocenters. The molecule has 1 saturated heterocycles. The van der Waals surface area contributed by atoms with E-state index in [1.54, 1.807) is 6.07 Å². The highest BCUT2D eigenvalue weighted by Gasteiger charge is 2.42. The van der Waals surface area contributed by atoms with E-state index in [4.69, 9.17) is 0 Å². The van der Waals surface area contributed by atoms with E-state index in [-0.39, 0.29) is 29.6 Å². The van der Waals surface area contributed by atoms with Crippen LogP contribution in [0.5, 0.6) is 0 Å². The normalized spacial score (nSPS) is 20.5. The maximum atomic E-state index is 13.3. The zero-order chi connectivity index (χ0) is 22.8. The first kappa shape index (κ1) is 21.6. The number of anilines is 2. The molecule has 2 aliphatic heterocycles. The molecule has 1 N–H and O–H groups in total. The van der Waals surface area contributed by atoms with Gasteiger partial charge in [0.05, 0.1) is 28.1 Å². The summed E-state index contributed by atoms with van der Waals surface area (Å²) >= 11 is 0. The van der Waals surface area contributed by atoms with Crippen molar-refractivity contribution < 1.29 is 9.72 Å². The van der Waals surface area contributed by atoms with Gasteiger partial charge in [-0.3, -0.25) is 14.9 Å². The zero-order valence-corrected chi connectivity index (χ0v) is 18.3. The van der Waals surface area contributed by atoms with Gasteiger partial charge >= 0.3 is 0 Å². The van der Waals surface area contributed by atoms with Crippen LogP contribution in [0.2, 0.25) is 0 Å². The molecular weight excluding hydrogens is 406 g/mol. The topological polar surface area (TPSA) is 103 Å². The second-order valence-corrected chi connectivity index (χ2v) is 8.53. The van der Waals surface area contributed by atoms with Crippen LogP contribution >= 0.6 is 0 Å². The number of non-ortho nitro benzene ring substituents is 1. The minimum absolute atomic E-state index is 0.0260. The molecule has 8 nitrogen and oxygen atoms in total. The summed E-state index contributed by atoms with van der Waals surface area (Å²) < 4.78 is 0. The number of carbonyl (C=O) groups excluding carboxylic acids is 1. The van der Waals surface area contributed by atoms with Crippen LogP contribution in [0.3, 0.4) is 0 Å². The van der Waals surface area contributed by atoms with Crippen molar-refractivity contribution in [3.8, 4) is 6.07 Å². The molecular formula is C24H27N5O3. The molecule has 1 fully saturated rings. The van der Waals surface area contributed by atoms with E-state index in [1.165, 1.54) is 6.07 Å². The third-order valence-electron chi connectivity index (χ3n) is 6.61. The molecule has 166 valence electrons. The number of nitrogens with one attached hydrogen (secondary N) is 1. The molecule has 1 amide bonds. The van der Waals surface area contributed by atoms with Gasteiger partial charge in [0, 0.05) is 43.5 Å². The third kappa shape index (κ3) is 3.98. The van der Waals surface area contributed by atoms with E-state index >= 15 is 0 Å². The lowest BCUT2D eigenvalue weighted by molar-refractivity contribution is -0.384. The fourth-order valence-electron chi connectivity index (χ4n) is 4.74. The predicted molar refractivity (Wildman–Crippen MR) is 123 cm³/mol. The molecule has 32 heavy (non-hydrogen) atoms. The van der Waals surface area contributed by atoms with Crippen molar-refractivity contribution in [2.75, 3.05) is 29.4 Å². The third-order valence-corrected chi connectivity index (χ3v) is 6.61. The number of fused-ring (bicyclic) bond motifs is 3. The smallest absolute Gasteiger partial charge is 0.269 e. The Bertz CT molecular complexity index is 1080. The first-order valence-electron chi connectivity index (χ1n) is 11.0. The summed E-state index contributed by atoms with van der Waals surface area (Å²) in [5, 5.41) is 24.0. The first-order chi connectivity index (χ1) is 15.4. The fraction of sp³-hybridized carbons (Fsp3) is 0.417. The lowest BCUT2D eigenvalue weighted by Crippen LogP contribution is -2.61. The summed E-state index contributed by atoms with van der Waals surface area (Å²) in [6, 6.07) is 14.7. The summed E-state index contributed by atoms with van der Waals surface area (Å²) in [6.45, 7) is 5.98. The maximum absolute atomic E-state index is 13.3. The molecule has 2 aliphatic rings. The SMILES string of the molecule is CC[C@H](C)NC(=O)[C@H]1Cc2cc([N+](=O)[O-])ccc2N2CCN(c3ccccc3C#N)C[C@H]12. The second-order valence-electron chi connectivity index (χ2n) is 8.53. The van der Waals surface area contributed by atoms with Crippen molar-refractivity contribution in [3.05, 3.63) is 63.7 Å². The van der Waals surface area contributed by atoms with Crippen molar-refractivity contribution >= 4 is 23.0 Å². The quantitative estimate of drug-likeness (QED) is 0.574. The van der Waals surface area contributed by atoms with Gasteiger partial charge in [-0.25, -0.2) is 0 Å². The largest absolute Gasteiger partial charge is 0.367 e. The molecule has 4 rings (SSSR count). The molecule has 0 unspecified atom stereocenters. The molecule has 2 aromatic carbocycles. The number of carbonyl (C=O) groups is 1. The van der Waals surface area contributed by atoms with Crippen molar-refractivity contribution in [1.29, 1.82) is 5.26 Å². The van der Waals surface area contributed by atoms with Crippen LogP contribution in [-0.2, 0) is 11.2 Å². The highest BCUT2D eigenvalue weighted by Crippen LogP contribution is 2.39. The fourth-order valence-corrected chi connectivity index (χ4v) is 4.74. The number of rotatable bonds is 5. The standard InChI is InChI=1S/C24H27N5O3/c1-3-16(2)26-24(30)20-13-18-12-19(29(31)32)8-9-22(18)28-11-10-27(15-23(20)28)21-7-5-4-6-17(21)14-25/h4-9,12,16,20,23H,3,10-11,13,15H2,1-2H3,(H,26,30)/t16-,20-,23+/m0/s1. The Morgan fingerprint density at radius 1 is 1.28 bits per heavy atom. The number of nitro groups is 1. The van der Waals surface area contributed by atoms with Gasteiger partial charge in [-0.1, -0.05) is 19.1 Å². The average molecular weight is 434 g/mol. The Balaban J connectivity index is 1.70. The monoisotopic (exact) mass is 433 g/mol. The van der Waals surface area contributed by atoms with Gasteiger partial charge in [-0.05, 0) is 43.5 Å². The predicted octanol–water partition coefficient (Wildman–Crippen LogP) is 3.25. The highest BCUT2D eigenvalue weighted by atomic mass is 16.6. The Morgan fingerprint density at radius 2 is 2.06 bits per heavy atom. The lowest BCUT2D eigenvalue weighted by Gasteiger charge is -2.49. The van der Waals surface area contributed by atoms with Crippen LogP contribution in [0.15, 0.2) is 42.5 Å². The molecule has 0 bridgehead atoms. The molecule has 0 aromatic heterocycles. The van der Waals surface area contributed by atoms with Crippen LogP contribution in [0.1, 0.15) is 31.4 Å². The molecule has 0 radical (unpaired) electrons. The summed E-state index contributed by atoms with van der Waals surface area (Å²) in [5.74, 6) is -0.363. The molecule has 0 saturated carbocycles. The van der Waals surface area contributed by atoms with Crippen molar-refractivity contribution in [1.82, 2.24) is 5.32 Å². The van der Waals surface area contributed by atoms with Crippen LogP contribution in [0.25, 0.3) is 0 Å². The minimum atomic E-state index is -0.392. The van der Waals surface area contributed by atoms with Crippen LogP contribution in [0.4, 0.5) is 17.1 Å². The highest BCUT2D eigenvalue weighted by molar-refractivity contribution is 5.83. The number of nitro benzene ring substituents is 1. The number of para-hydroxylation sites is 1. The van der Waals surface area contributed by atoms with Gasteiger partial charge in [0.2, 0.25) is 5.91 Å². The van der Waals surface area contributed by atoms with E-state index in [9.17, 15) is 20.2 Å². The Labute approximate surface area is 187 Å². The van der Waals surface area contributed by atoms with Crippen molar-refractivity contribution in [2.45, 2.75) is 38.8 Å². The van der Waals surface area contributed by atoms with E-state index in [0.29, 0.717) is 31.6 Å².